The Morgan fingerprint density at radius 1 is 1.03 bits per heavy atom. The van der Waals surface area contributed by atoms with Gasteiger partial charge in [-0.2, -0.15) is 4.31 Å². The highest BCUT2D eigenvalue weighted by Gasteiger charge is 2.27. The molecule has 1 N–H and O–H groups in total. The summed E-state index contributed by atoms with van der Waals surface area (Å²) in [6, 6.07) is 16.3. The van der Waals surface area contributed by atoms with Gasteiger partial charge in [0.2, 0.25) is 10.0 Å². The number of rotatable bonds is 5. The predicted octanol–water partition coefficient (Wildman–Crippen LogP) is 4.41. The summed E-state index contributed by atoms with van der Waals surface area (Å²) in [7, 11) is -3.47. The van der Waals surface area contributed by atoms with Crippen molar-refractivity contribution >= 4 is 37.9 Å². The van der Waals surface area contributed by atoms with Gasteiger partial charge in [0, 0.05) is 36.2 Å². The molecule has 9 heteroatoms. The summed E-state index contributed by atoms with van der Waals surface area (Å²) >= 11 is 1.33. The molecule has 0 aliphatic carbocycles. The third kappa shape index (κ3) is 3.72. The highest BCUT2D eigenvalue weighted by Crippen LogP contribution is 2.28. The first kappa shape index (κ1) is 20.9. The first-order valence-electron chi connectivity index (χ1n) is 10.4. The van der Waals surface area contributed by atoms with Crippen LogP contribution in [0.25, 0.3) is 16.2 Å². The zero-order valence-electron chi connectivity index (χ0n) is 17.5. The summed E-state index contributed by atoms with van der Waals surface area (Å²) in [5.41, 5.74) is 3.25. The number of benzene rings is 2. The van der Waals surface area contributed by atoms with Crippen LogP contribution in [0, 0.1) is 6.92 Å². The summed E-state index contributed by atoms with van der Waals surface area (Å²) in [6.07, 6.45) is 3.72. The van der Waals surface area contributed by atoms with Crippen LogP contribution in [0.15, 0.2) is 65.7 Å². The van der Waals surface area contributed by atoms with Crippen LogP contribution in [0.5, 0.6) is 0 Å². The van der Waals surface area contributed by atoms with E-state index in [-0.39, 0.29) is 10.8 Å². The molecule has 0 saturated carbocycles. The van der Waals surface area contributed by atoms with Gasteiger partial charge in [0.15, 0.2) is 4.96 Å². The van der Waals surface area contributed by atoms with Crippen LogP contribution < -0.4 is 5.32 Å². The Hall–Kier alpha value is -3.01. The van der Waals surface area contributed by atoms with Crippen molar-refractivity contribution in [3.05, 3.63) is 71.4 Å². The lowest BCUT2D eigenvalue weighted by Gasteiger charge is -2.15. The Kier molecular flexibility index (Phi) is 5.32. The monoisotopic (exact) mass is 466 g/mol. The van der Waals surface area contributed by atoms with E-state index in [0.29, 0.717) is 23.7 Å². The topological polar surface area (TPSA) is 83.8 Å². The zero-order chi connectivity index (χ0) is 22.3. The highest BCUT2D eigenvalue weighted by atomic mass is 32.2. The van der Waals surface area contributed by atoms with E-state index in [2.05, 4.69) is 10.3 Å². The van der Waals surface area contributed by atoms with Gasteiger partial charge in [-0.05, 0) is 44.0 Å². The number of aryl methyl sites for hydroxylation is 1. The smallest absolute Gasteiger partial charge is 0.267 e. The van der Waals surface area contributed by atoms with Gasteiger partial charge in [0.25, 0.3) is 5.91 Å². The number of hydrogen-bond donors (Lipinski definition) is 1. The van der Waals surface area contributed by atoms with Crippen molar-refractivity contribution < 1.29 is 13.2 Å². The van der Waals surface area contributed by atoms with Gasteiger partial charge < -0.3 is 5.32 Å². The molecular formula is C23H22N4O3S2. The quantitative estimate of drug-likeness (QED) is 0.472. The molecule has 0 radical (unpaired) electrons. The van der Waals surface area contributed by atoms with E-state index in [1.54, 1.807) is 24.3 Å². The molecule has 0 bridgehead atoms. The number of nitrogens with zero attached hydrogens (tertiary/aromatic N) is 3. The number of hydrogen-bond acceptors (Lipinski definition) is 5. The second kappa shape index (κ2) is 8.16. The number of thiazole rings is 1. The fourth-order valence-electron chi connectivity index (χ4n) is 3.88. The average Bonchev–Trinajstić information content (AvgIpc) is 3.53. The highest BCUT2D eigenvalue weighted by molar-refractivity contribution is 7.89. The fraction of sp³-hybridized carbons (Fsp3) is 0.217. The van der Waals surface area contributed by atoms with Crippen molar-refractivity contribution in [3.8, 4) is 11.3 Å². The van der Waals surface area contributed by atoms with E-state index in [9.17, 15) is 13.2 Å². The number of fused-ring (bicyclic) bond motifs is 1. The molecule has 3 heterocycles. The summed E-state index contributed by atoms with van der Waals surface area (Å²) in [5, 5.41) is 2.87. The lowest BCUT2D eigenvalue weighted by atomic mass is 10.2. The van der Waals surface area contributed by atoms with Gasteiger partial charge in [-0.25, -0.2) is 13.4 Å². The van der Waals surface area contributed by atoms with Crippen LogP contribution in [0.4, 0.5) is 5.69 Å². The molecule has 1 amide bonds. The molecule has 1 fully saturated rings. The van der Waals surface area contributed by atoms with Crippen LogP contribution in [0.3, 0.4) is 0 Å². The van der Waals surface area contributed by atoms with Gasteiger partial charge >= 0.3 is 0 Å². The number of amides is 1. The number of sulfonamides is 1. The average molecular weight is 467 g/mol. The SMILES string of the molecule is Cc1c(C(=O)Nc2ccc(S(=O)(=O)N3CCCC3)cc2)sc2nc(-c3ccccc3)cn12. The van der Waals surface area contributed by atoms with Gasteiger partial charge in [-0.3, -0.25) is 9.20 Å². The van der Waals surface area contributed by atoms with Crippen molar-refractivity contribution in [2.45, 2.75) is 24.7 Å². The predicted molar refractivity (Wildman–Crippen MR) is 126 cm³/mol. The molecule has 5 rings (SSSR count). The third-order valence-corrected chi connectivity index (χ3v) is 8.72. The number of aromatic nitrogens is 2. The maximum absolute atomic E-state index is 12.9. The molecule has 0 unspecified atom stereocenters. The van der Waals surface area contributed by atoms with E-state index in [4.69, 9.17) is 0 Å². The Bertz CT molecular complexity index is 1380. The van der Waals surface area contributed by atoms with Crippen LogP contribution in [0.1, 0.15) is 28.2 Å². The van der Waals surface area contributed by atoms with E-state index >= 15 is 0 Å². The number of anilines is 1. The second-order valence-corrected chi connectivity index (χ2v) is 10.7. The van der Waals surface area contributed by atoms with Crippen molar-refractivity contribution in [2.75, 3.05) is 18.4 Å². The Morgan fingerprint density at radius 2 is 1.72 bits per heavy atom. The summed E-state index contributed by atoms with van der Waals surface area (Å²) < 4.78 is 28.8. The third-order valence-electron chi connectivity index (χ3n) is 5.65. The maximum atomic E-state index is 12.9. The maximum Gasteiger partial charge on any atom is 0.267 e. The Morgan fingerprint density at radius 3 is 2.38 bits per heavy atom. The molecule has 1 aliphatic heterocycles. The lowest BCUT2D eigenvalue weighted by Crippen LogP contribution is -2.27. The number of carbonyl (C=O) groups excluding carboxylic acids is 1. The van der Waals surface area contributed by atoms with E-state index in [1.165, 1.54) is 15.6 Å². The van der Waals surface area contributed by atoms with Gasteiger partial charge in [0.1, 0.15) is 4.88 Å². The first-order valence-corrected chi connectivity index (χ1v) is 12.6. The molecule has 0 atom stereocenters. The molecule has 164 valence electrons. The molecular weight excluding hydrogens is 444 g/mol. The minimum Gasteiger partial charge on any atom is -0.321 e. The zero-order valence-corrected chi connectivity index (χ0v) is 19.1. The largest absolute Gasteiger partial charge is 0.321 e. The van der Waals surface area contributed by atoms with E-state index in [1.807, 2.05) is 47.9 Å². The van der Waals surface area contributed by atoms with Crippen LogP contribution in [-0.2, 0) is 10.0 Å². The van der Waals surface area contributed by atoms with Gasteiger partial charge in [-0.15, -0.1) is 0 Å². The number of imidazole rings is 1. The first-order chi connectivity index (χ1) is 15.4. The van der Waals surface area contributed by atoms with Crippen molar-refractivity contribution in [3.63, 3.8) is 0 Å². The van der Waals surface area contributed by atoms with E-state index in [0.717, 1.165) is 34.8 Å². The van der Waals surface area contributed by atoms with Crippen molar-refractivity contribution in [1.29, 1.82) is 0 Å². The summed E-state index contributed by atoms with van der Waals surface area (Å²) in [5.74, 6) is -0.241. The van der Waals surface area contributed by atoms with Crippen LogP contribution in [0.2, 0.25) is 0 Å². The minimum absolute atomic E-state index is 0.241. The van der Waals surface area contributed by atoms with Gasteiger partial charge in [0.05, 0.1) is 10.6 Å². The molecule has 4 aromatic rings. The summed E-state index contributed by atoms with van der Waals surface area (Å²) in [4.78, 5) is 19.1. The lowest BCUT2D eigenvalue weighted by molar-refractivity contribution is 0.102. The molecule has 0 spiro atoms. The molecule has 1 aliphatic rings. The Labute approximate surface area is 190 Å². The normalized spacial score (nSPS) is 14.8. The van der Waals surface area contributed by atoms with Gasteiger partial charge in [-0.1, -0.05) is 41.7 Å². The second-order valence-electron chi connectivity index (χ2n) is 7.75. The molecule has 32 heavy (non-hydrogen) atoms. The van der Waals surface area contributed by atoms with Crippen molar-refractivity contribution in [1.82, 2.24) is 13.7 Å². The molecule has 2 aromatic carbocycles. The number of nitrogens with one attached hydrogen (secondary N) is 1. The number of carbonyl (C=O) groups is 1. The minimum atomic E-state index is -3.47. The van der Waals surface area contributed by atoms with Crippen LogP contribution in [-0.4, -0.2) is 41.1 Å². The Balaban J connectivity index is 1.34. The molecule has 7 nitrogen and oxygen atoms in total. The van der Waals surface area contributed by atoms with Crippen LogP contribution >= 0.6 is 11.3 Å². The fourth-order valence-corrected chi connectivity index (χ4v) is 6.41. The molecule has 1 saturated heterocycles. The summed E-state index contributed by atoms with van der Waals surface area (Å²) in [6.45, 7) is 3.01. The van der Waals surface area contributed by atoms with E-state index < -0.39 is 10.0 Å². The van der Waals surface area contributed by atoms with Crippen molar-refractivity contribution in [2.24, 2.45) is 0 Å². The molecule has 2 aromatic heterocycles. The standard InChI is InChI=1S/C23H22N4O3S2/c1-16-21(31-23-25-20(15-27(16)23)17-7-3-2-4-8-17)22(28)24-18-9-11-19(12-10-18)32(29,30)26-13-5-6-14-26/h2-4,7-12,15H,5-6,13-14H2,1H3,(H,24,28).